The SMILES string of the molecule is C[C@@H](COc1nc(N2CC3CCC(C2)N3)c2cc(Cl)c(-c3cc(O)cc4ccccc34)c(F)c2n1)CN1CCO[C@H](C)C1. The number of nitrogens with one attached hydrogen (secondary N) is 1. The molecular weight excluding hydrogens is 569 g/mol. The lowest BCUT2D eigenvalue weighted by molar-refractivity contribution is -0.0242. The third-order valence-electron chi connectivity index (χ3n) is 8.87. The predicted octanol–water partition coefficient (Wildman–Crippen LogP) is 5.62. The number of hydrogen-bond donors (Lipinski definition) is 2. The first-order valence-electron chi connectivity index (χ1n) is 15.2. The van der Waals surface area contributed by atoms with Gasteiger partial charge in [-0.2, -0.15) is 9.97 Å². The minimum atomic E-state index is -0.555. The molecule has 1 aromatic heterocycles. The molecular formula is C33H37ClFN5O3. The van der Waals surface area contributed by atoms with Gasteiger partial charge in [-0.3, -0.25) is 4.90 Å². The van der Waals surface area contributed by atoms with E-state index < -0.39 is 5.82 Å². The van der Waals surface area contributed by atoms with Crippen LogP contribution in [0.15, 0.2) is 42.5 Å². The molecule has 0 saturated carbocycles. The summed E-state index contributed by atoms with van der Waals surface area (Å²) in [5.74, 6) is 0.338. The van der Waals surface area contributed by atoms with Crippen molar-refractivity contribution in [1.82, 2.24) is 20.2 Å². The number of halogens is 2. The van der Waals surface area contributed by atoms with Crippen LogP contribution in [-0.2, 0) is 4.74 Å². The maximum Gasteiger partial charge on any atom is 0.319 e. The highest BCUT2D eigenvalue weighted by Crippen LogP contribution is 2.43. The van der Waals surface area contributed by atoms with Gasteiger partial charge in [-0.1, -0.05) is 42.8 Å². The highest BCUT2D eigenvalue weighted by Gasteiger charge is 2.34. The van der Waals surface area contributed by atoms with Crippen molar-refractivity contribution in [1.29, 1.82) is 0 Å². The Morgan fingerprint density at radius 3 is 2.70 bits per heavy atom. The van der Waals surface area contributed by atoms with Crippen LogP contribution in [0.5, 0.6) is 11.8 Å². The van der Waals surface area contributed by atoms with Gasteiger partial charge in [0.05, 0.1) is 24.3 Å². The first-order chi connectivity index (χ1) is 20.8. The van der Waals surface area contributed by atoms with Crippen LogP contribution in [0, 0.1) is 11.7 Å². The number of phenols is 1. The van der Waals surface area contributed by atoms with E-state index in [1.54, 1.807) is 18.2 Å². The number of ether oxygens (including phenoxy) is 2. The average Bonchev–Trinajstić information content (AvgIpc) is 3.32. The largest absolute Gasteiger partial charge is 0.508 e. The van der Waals surface area contributed by atoms with Gasteiger partial charge in [0, 0.05) is 61.7 Å². The summed E-state index contributed by atoms with van der Waals surface area (Å²) in [6.07, 6.45) is 2.43. The Morgan fingerprint density at radius 1 is 1.12 bits per heavy atom. The fraction of sp³-hybridized carbons (Fsp3) is 0.455. The number of fused-ring (bicyclic) bond motifs is 4. The van der Waals surface area contributed by atoms with Crippen LogP contribution in [0.3, 0.4) is 0 Å². The van der Waals surface area contributed by atoms with Gasteiger partial charge in [-0.05, 0) is 54.3 Å². The van der Waals surface area contributed by atoms with Crippen LogP contribution in [-0.4, -0.2) is 84.1 Å². The van der Waals surface area contributed by atoms with Crippen molar-refractivity contribution >= 4 is 39.1 Å². The Balaban J connectivity index is 1.29. The summed E-state index contributed by atoms with van der Waals surface area (Å²) < 4.78 is 28.6. The lowest BCUT2D eigenvalue weighted by Gasteiger charge is -2.34. The lowest BCUT2D eigenvalue weighted by Crippen LogP contribution is -2.51. The highest BCUT2D eigenvalue weighted by atomic mass is 35.5. The van der Waals surface area contributed by atoms with Gasteiger partial charge in [-0.25, -0.2) is 4.39 Å². The normalized spacial score (nSPS) is 23.3. The molecule has 43 heavy (non-hydrogen) atoms. The number of morpholine rings is 1. The highest BCUT2D eigenvalue weighted by molar-refractivity contribution is 6.35. The summed E-state index contributed by atoms with van der Waals surface area (Å²) in [5, 5.41) is 16.5. The molecule has 0 radical (unpaired) electrons. The monoisotopic (exact) mass is 605 g/mol. The minimum Gasteiger partial charge on any atom is -0.508 e. The van der Waals surface area contributed by atoms with E-state index >= 15 is 4.39 Å². The first-order valence-corrected chi connectivity index (χ1v) is 15.6. The van der Waals surface area contributed by atoms with Crippen LogP contribution in [0.1, 0.15) is 26.7 Å². The van der Waals surface area contributed by atoms with Crippen molar-refractivity contribution in [3.63, 3.8) is 0 Å². The molecule has 0 aliphatic carbocycles. The van der Waals surface area contributed by atoms with Crippen molar-refractivity contribution in [3.05, 3.63) is 53.3 Å². The molecule has 3 saturated heterocycles. The third kappa shape index (κ3) is 5.71. The Morgan fingerprint density at radius 2 is 1.91 bits per heavy atom. The third-order valence-corrected chi connectivity index (χ3v) is 9.16. The van der Waals surface area contributed by atoms with Crippen molar-refractivity contribution < 1.29 is 19.0 Å². The summed E-state index contributed by atoms with van der Waals surface area (Å²) in [5.41, 5.74) is 0.871. The van der Waals surface area contributed by atoms with E-state index in [0.717, 1.165) is 62.9 Å². The van der Waals surface area contributed by atoms with Crippen LogP contribution in [0.2, 0.25) is 5.02 Å². The van der Waals surface area contributed by atoms with E-state index in [1.807, 2.05) is 24.3 Å². The molecule has 3 aliphatic rings. The van der Waals surface area contributed by atoms with Gasteiger partial charge >= 0.3 is 6.01 Å². The Hall–Kier alpha value is -3.24. The maximum absolute atomic E-state index is 16.8. The van der Waals surface area contributed by atoms with Gasteiger partial charge in [0.15, 0.2) is 5.82 Å². The molecule has 4 heterocycles. The zero-order valence-electron chi connectivity index (χ0n) is 24.5. The van der Waals surface area contributed by atoms with Gasteiger partial charge in [-0.15, -0.1) is 0 Å². The Labute approximate surface area is 255 Å². The molecule has 10 heteroatoms. The standard InChI is InChI=1S/C33H37ClFN5O3/c1-19(14-39-9-10-42-20(2)15-39)18-43-33-37-31-27(32(38-33)40-16-22-7-8-23(17-40)36-22)13-28(34)29(30(31)35)26-12-24(41)11-21-5-3-4-6-25(21)26/h3-6,11-13,19-20,22-23,36,41H,7-10,14-18H2,1-2H3/t19-,20-,22?,23?/m1/s1. The summed E-state index contributed by atoms with van der Waals surface area (Å²) in [4.78, 5) is 14.1. The summed E-state index contributed by atoms with van der Waals surface area (Å²) in [7, 11) is 0. The number of phenolic OH excluding ortho intramolecular Hbond substituents is 1. The zero-order chi connectivity index (χ0) is 29.7. The second-order valence-corrected chi connectivity index (χ2v) is 12.8. The Kier molecular flexibility index (Phi) is 7.75. The maximum atomic E-state index is 16.8. The molecule has 7 rings (SSSR count). The number of rotatable bonds is 7. The van der Waals surface area contributed by atoms with Crippen molar-refractivity contribution in [3.8, 4) is 22.9 Å². The van der Waals surface area contributed by atoms with Crippen LogP contribution < -0.4 is 15.0 Å². The molecule has 3 aromatic carbocycles. The second-order valence-electron chi connectivity index (χ2n) is 12.4. The van der Waals surface area contributed by atoms with E-state index in [1.165, 1.54) is 0 Å². The molecule has 0 amide bonds. The molecule has 2 unspecified atom stereocenters. The van der Waals surface area contributed by atoms with E-state index in [4.69, 9.17) is 26.1 Å². The van der Waals surface area contributed by atoms with Crippen molar-refractivity contribution in [2.24, 2.45) is 5.92 Å². The summed E-state index contributed by atoms with van der Waals surface area (Å²) in [6.45, 7) is 9.57. The second kappa shape index (κ2) is 11.7. The topological polar surface area (TPSA) is 83.0 Å². The molecule has 2 bridgehead atoms. The number of aromatic hydroxyl groups is 1. The summed E-state index contributed by atoms with van der Waals surface area (Å²) in [6, 6.07) is 13.4. The van der Waals surface area contributed by atoms with Gasteiger partial charge in [0.25, 0.3) is 0 Å². The van der Waals surface area contributed by atoms with E-state index in [2.05, 4.69) is 33.9 Å². The fourth-order valence-corrected chi connectivity index (χ4v) is 7.24. The van der Waals surface area contributed by atoms with Gasteiger partial charge in [0.1, 0.15) is 17.1 Å². The molecule has 0 spiro atoms. The summed E-state index contributed by atoms with van der Waals surface area (Å²) >= 11 is 6.87. The number of benzene rings is 3. The molecule has 4 atom stereocenters. The van der Waals surface area contributed by atoms with Gasteiger partial charge < -0.3 is 24.8 Å². The van der Waals surface area contributed by atoms with E-state index in [9.17, 15) is 5.11 Å². The van der Waals surface area contributed by atoms with Crippen molar-refractivity contribution in [2.75, 3.05) is 50.8 Å². The number of anilines is 1. The molecule has 226 valence electrons. The molecule has 8 nitrogen and oxygen atoms in total. The Bertz CT molecular complexity index is 1660. The van der Waals surface area contributed by atoms with E-state index in [-0.39, 0.29) is 39.9 Å². The van der Waals surface area contributed by atoms with Crippen LogP contribution >= 0.6 is 11.6 Å². The first kappa shape index (κ1) is 28.5. The number of piperazine rings is 1. The minimum absolute atomic E-state index is 0.0385. The molecule has 4 aromatic rings. The zero-order valence-corrected chi connectivity index (χ0v) is 25.3. The predicted molar refractivity (Wildman–Crippen MR) is 168 cm³/mol. The van der Waals surface area contributed by atoms with E-state index in [0.29, 0.717) is 35.5 Å². The quantitative estimate of drug-likeness (QED) is 0.281. The van der Waals surface area contributed by atoms with Crippen LogP contribution in [0.25, 0.3) is 32.8 Å². The molecule has 3 aliphatic heterocycles. The molecule has 2 N–H and O–H groups in total. The van der Waals surface area contributed by atoms with Crippen molar-refractivity contribution in [2.45, 2.75) is 44.9 Å². The van der Waals surface area contributed by atoms with Gasteiger partial charge in [0.2, 0.25) is 0 Å². The van der Waals surface area contributed by atoms with Crippen LogP contribution in [0.4, 0.5) is 10.2 Å². The average molecular weight is 606 g/mol. The number of hydrogen-bond acceptors (Lipinski definition) is 8. The number of aromatic nitrogens is 2. The lowest BCUT2D eigenvalue weighted by atomic mass is 9.96. The fourth-order valence-electron chi connectivity index (χ4n) is 6.95. The molecule has 3 fully saturated rings. The number of nitrogens with zero attached hydrogens (tertiary/aromatic N) is 4. The smallest absolute Gasteiger partial charge is 0.319 e.